The molecule has 0 radical (unpaired) electrons. The lowest BCUT2D eigenvalue weighted by atomic mass is 9.87. The van der Waals surface area contributed by atoms with Crippen LogP contribution in [0.1, 0.15) is 16.7 Å². The molecule has 0 N–H and O–H groups in total. The molecule has 0 aliphatic carbocycles. The van der Waals surface area contributed by atoms with Crippen molar-refractivity contribution >= 4 is 0 Å². The van der Waals surface area contributed by atoms with E-state index in [0.29, 0.717) is 0 Å². The van der Waals surface area contributed by atoms with Crippen LogP contribution in [-0.4, -0.2) is 0 Å². The van der Waals surface area contributed by atoms with Crippen LogP contribution >= 0.6 is 0 Å². The summed E-state index contributed by atoms with van der Waals surface area (Å²) in [6.07, 6.45) is 0. The fraction of sp³-hybridized carbons (Fsp3) is 0.0667. The normalized spacial score (nSPS) is 11.0. The van der Waals surface area contributed by atoms with Gasteiger partial charge in [-0.3, -0.25) is 0 Å². The summed E-state index contributed by atoms with van der Waals surface area (Å²) < 4.78 is 0. The van der Waals surface area contributed by atoms with Gasteiger partial charge in [0.05, 0.1) is 0 Å². The van der Waals surface area contributed by atoms with Crippen LogP contribution in [0.25, 0.3) is 66.8 Å². The summed E-state index contributed by atoms with van der Waals surface area (Å²) in [6.45, 7) is 6.69. The number of benzene rings is 7. The zero-order valence-electron chi connectivity index (χ0n) is 26.1. The first-order valence-electron chi connectivity index (χ1n) is 15.7. The lowest BCUT2D eigenvalue weighted by Crippen LogP contribution is -1.92. The first-order chi connectivity index (χ1) is 22.0. The maximum absolute atomic E-state index is 2.37. The minimum atomic E-state index is 1.23. The molecule has 0 saturated carbocycles. The van der Waals surface area contributed by atoms with Crippen molar-refractivity contribution in [1.29, 1.82) is 0 Å². The highest BCUT2D eigenvalue weighted by atomic mass is 14.2. The SMILES string of the molecule is Cc1cc(-c2ccccc2)ccc1-c1cc(-c2ccc(-c3ccccc3)cc2C)cc(-c2ccc(-c3ccccc3)cc2C)c1. The standard InChI is InChI=1S/C45H36/c1-31-25-37(34-13-7-4-8-14-34)19-22-43(31)40-28-41(44-23-20-38(26-32(44)2)35-15-9-5-10-16-35)30-42(29-40)45-24-21-39(27-33(45)3)36-17-11-6-12-18-36/h4-30H,1-3H3. The van der Waals surface area contributed by atoms with Gasteiger partial charge in [0, 0.05) is 0 Å². The average Bonchev–Trinajstić information content (AvgIpc) is 3.09. The molecule has 0 atom stereocenters. The van der Waals surface area contributed by atoms with Gasteiger partial charge in [-0.1, -0.05) is 146 Å². The Hall–Kier alpha value is -5.46. The van der Waals surface area contributed by atoms with Gasteiger partial charge >= 0.3 is 0 Å². The Morgan fingerprint density at radius 3 is 0.733 bits per heavy atom. The van der Waals surface area contributed by atoms with E-state index in [0.717, 1.165) is 0 Å². The van der Waals surface area contributed by atoms with Crippen molar-refractivity contribution in [3.63, 3.8) is 0 Å². The molecule has 0 aromatic heterocycles. The Labute approximate surface area is 267 Å². The number of aryl methyl sites for hydroxylation is 3. The second-order valence-electron chi connectivity index (χ2n) is 12.0. The summed E-state index contributed by atoms with van der Waals surface area (Å²) in [5.74, 6) is 0. The smallest absolute Gasteiger partial charge is 0.0154 e. The molecule has 0 aliphatic rings. The lowest BCUT2D eigenvalue weighted by molar-refractivity contribution is 1.42. The fourth-order valence-corrected chi connectivity index (χ4v) is 6.49. The summed E-state index contributed by atoms with van der Waals surface area (Å²) in [4.78, 5) is 0. The monoisotopic (exact) mass is 576 g/mol. The third-order valence-corrected chi connectivity index (χ3v) is 8.87. The van der Waals surface area contributed by atoms with Crippen molar-refractivity contribution in [1.82, 2.24) is 0 Å². The van der Waals surface area contributed by atoms with Crippen LogP contribution in [0, 0.1) is 20.8 Å². The second kappa shape index (κ2) is 12.3. The molecule has 0 saturated heterocycles. The van der Waals surface area contributed by atoms with E-state index in [2.05, 4.69) is 185 Å². The maximum atomic E-state index is 2.37. The summed E-state index contributed by atoms with van der Waals surface area (Å²) >= 11 is 0. The summed E-state index contributed by atoms with van der Waals surface area (Å²) in [7, 11) is 0. The topological polar surface area (TPSA) is 0 Å². The van der Waals surface area contributed by atoms with E-state index in [1.807, 2.05) is 0 Å². The van der Waals surface area contributed by atoms with Gasteiger partial charge in [0.2, 0.25) is 0 Å². The van der Waals surface area contributed by atoms with Gasteiger partial charge in [-0.15, -0.1) is 0 Å². The largest absolute Gasteiger partial charge is 0.0622 e. The van der Waals surface area contributed by atoms with Gasteiger partial charge in [-0.2, -0.15) is 0 Å². The van der Waals surface area contributed by atoms with Crippen molar-refractivity contribution < 1.29 is 0 Å². The molecule has 7 rings (SSSR count). The minimum Gasteiger partial charge on any atom is -0.0622 e. The number of rotatable bonds is 6. The van der Waals surface area contributed by atoms with E-state index < -0.39 is 0 Å². The molecule has 7 aromatic rings. The third kappa shape index (κ3) is 5.88. The summed E-state index contributed by atoms with van der Waals surface area (Å²) in [6, 6.07) is 59.6. The Bertz CT molecular complexity index is 1850. The quantitative estimate of drug-likeness (QED) is 0.185. The van der Waals surface area contributed by atoms with Crippen molar-refractivity contribution in [2.45, 2.75) is 20.8 Å². The Morgan fingerprint density at radius 1 is 0.222 bits per heavy atom. The molecule has 216 valence electrons. The zero-order chi connectivity index (χ0) is 30.8. The van der Waals surface area contributed by atoms with Gasteiger partial charge in [-0.25, -0.2) is 0 Å². The molecule has 0 bridgehead atoms. The van der Waals surface area contributed by atoms with Crippen LogP contribution in [-0.2, 0) is 0 Å². The Kier molecular flexibility index (Phi) is 7.72. The fourth-order valence-electron chi connectivity index (χ4n) is 6.49. The molecular weight excluding hydrogens is 540 g/mol. The first kappa shape index (κ1) is 28.3. The highest BCUT2D eigenvalue weighted by Crippen LogP contribution is 2.39. The van der Waals surface area contributed by atoms with E-state index in [1.165, 1.54) is 83.5 Å². The molecule has 0 heteroatoms. The van der Waals surface area contributed by atoms with Crippen molar-refractivity contribution in [2.24, 2.45) is 0 Å². The molecule has 0 spiro atoms. The van der Waals surface area contributed by atoms with Crippen LogP contribution in [0.5, 0.6) is 0 Å². The van der Waals surface area contributed by atoms with Crippen LogP contribution in [0.2, 0.25) is 0 Å². The van der Waals surface area contributed by atoms with E-state index in [1.54, 1.807) is 0 Å². The summed E-state index contributed by atoms with van der Waals surface area (Å²) in [5, 5.41) is 0. The van der Waals surface area contributed by atoms with Crippen molar-refractivity contribution in [2.75, 3.05) is 0 Å². The van der Waals surface area contributed by atoms with Crippen molar-refractivity contribution in [3.8, 4) is 66.8 Å². The Balaban J connectivity index is 1.36. The van der Waals surface area contributed by atoms with Crippen LogP contribution < -0.4 is 0 Å². The van der Waals surface area contributed by atoms with Gasteiger partial charge in [0.1, 0.15) is 0 Å². The molecule has 7 aromatic carbocycles. The van der Waals surface area contributed by atoms with E-state index in [-0.39, 0.29) is 0 Å². The second-order valence-corrected chi connectivity index (χ2v) is 12.0. The highest BCUT2D eigenvalue weighted by molar-refractivity contribution is 5.86. The van der Waals surface area contributed by atoms with Crippen LogP contribution in [0.4, 0.5) is 0 Å². The van der Waals surface area contributed by atoms with E-state index in [9.17, 15) is 0 Å². The molecule has 0 amide bonds. The van der Waals surface area contributed by atoms with E-state index >= 15 is 0 Å². The molecule has 0 heterocycles. The number of hydrogen-bond acceptors (Lipinski definition) is 0. The van der Waals surface area contributed by atoms with Crippen molar-refractivity contribution in [3.05, 3.63) is 180 Å². The molecule has 0 nitrogen and oxygen atoms in total. The van der Waals surface area contributed by atoms with Crippen LogP contribution in [0.3, 0.4) is 0 Å². The molecule has 0 aliphatic heterocycles. The minimum absolute atomic E-state index is 1.23. The molecule has 0 unspecified atom stereocenters. The number of hydrogen-bond donors (Lipinski definition) is 0. The van der Waals surface area contributed by atoms with Gasteiger partial charge in [-0.05, 0) is 122 Å². The van der Waals surface area contributed by atoms with Gasteiger partial charge in [0.15, 0.2) is 0 Å². The Morgan fingerprint density at radius 2 is 0.489 bits per heavy atom. The predicted octanol–water partition coefficient (Wildman–Crippen LogP) is 12.6. The van der Waals surface area contributed by atoms with Crippen LogP contribution in [0.15, 0.2) is 164 Å². The average molecular weight is 577 g/mol. The molecular formula is C45H36. The predicted molar refractivity (Wildman–Crippen MR) is 193 cm³/mol. The maximum Gasteiger partial charge on any atom is -0.0154 e. The first-order valence-corrected chi connectivity index (χ1v) is 15.7. The summed E-state index contributed by atoms with van der Waals surface area (Å²) in [5.41, 5.74) is 18.7. The zero-order valence-corrected chi connectivity index (χ0v) is 26.1. The lowest BCUT2D eigenvalue weighted by Gasteiger charge is -2.17. The van der Waals surface area contributed by atoms with Gasteiger partial charge < -0.3 is 0 Å². The molecule has 0 fully saturated rings. The highest BCUT2D eigenvalue weighted by Gasteiger charge is 2.14. The molecule has 45 heavy (non-hydrogen) atoms. The third-order valence-electron chi connectivity index (χ3n) is 8.87. The van der Waals surface area contributed by atoms with E-state index in [4.69, 9.17) is 0 Å². The van der Waals surface area contributed by atoms with Gasteiger partial charge in [0.25, 0.3) is 0 Å².